The third-order valence-corrected chi connectivity index (χ3v) is 7.03. The fraction of sp³-hybridized carbons (Fsp3) is 0.0938. The van der Waals surface area contributed by atoms with Crippen molar-refractivity contribution in [2.24, 2.45) is 0 Å². The van der Waals surface area contributed by atoms with E-state index in [1.807, 2.05) is 30.3 Å². The molecule has 0 saturated heterocycles. The highest BCUT2D eigenvalue weighted by molar-refractivity contribution is 6.27. The van der Waals surface area contributed by atoms with Crippen LogP contribution in [0.15, 0.2) is 96.1 Å². The molecule has 4 aromatic rings. The van der Waals surface area contributed by atoms with E-state index in [2.05, 4.69) is 53.1 Å². The van der Waals surface area contributed by atoms with Gasteiger partial charge in [-0.1, -0.05) is 91.0 Å². The number of nitrogens with zero attached hydrogens (tertiary/aromatic N) is 3. The molecule has 0 bridgehead atoms. The van der Waals surface area contributed by atoms with Crippen molar-refractivity contribution < 1.29 is 4.79 Å². The van der Waals surface area contributed by atoms with Gasteiger partial charge in [0, 0.05) is 34.2 Å². The van der Waals surface area contributed by atoms with Crippen molar-refractivity contribution in [1.29, 1.82) is 10.5 Å². The Bertz CT molecular complexity index is 1720. The zero-order valence-corrected chi connectivity index (χ0v) is 19.5. The Labute approximate surface area is 209 Å². The maximum Gasteiger partial charge on any atom is 0.194 e. The predicted octanol–water partition coefficient (Wildman–Crippen LogP) is 6.89. The molecule has 2 heterocycles. The average Bonchev–Trinajstić information content (AvgIpc) is 3.39. The van der Waals surface area contributed by atoms with Crippen LogP contribution in [0, 0.1) is 22.7 Å². The summed E-state index contributed by atoms with van der Waals surface area (Å²) in [5.41, 5.74) is 7.94. The van der Waals surface area contributed by atoms with Gasteiger partial charge in [-0.2, -0.15) is 10.5 Å². The molecule has 1 aliphatic heterocycles. The molecule has 2 aliphatic rings. The number of Topliss-reactive ketones (excluding diaryl/α,β-unsaturated/α-hetero) is 1. The van der Waals surface area contributed by atoms with E-state index < -0.39 is 0 Å². The summed E-state index contributed by atoms with van der Waals surface area (Å²) < 4.78 is 2.42. The van der Waals surface area contributed by atoms with E-state index in [1.165, 1.54) is 22.2 Å². The fourth-order valence-electron chi connectivity index (χ4n) is 5.55. The van der Waals surface area contributed by atoms with Crippen molar-refractivity contribution in [3.63, 3.8) is 0 Å². The first-order valence-corrected chi connectivity index (χ1v) is 12.0. The van der Waals surface area contributed by atoms with Gasteiger partial charge < -0.3 is 4.57 Å². The molecule has 0 saturated carbocycles. The second-order valence-corrected chi connectivity index (χ2v) is 8.98. The van der Waals surface area contributed by atoms with Gasteiger partial charge in [0.25, 0.3) is 0 Å². The van der Waals surface area contributed by atoms with Crippen LogP contribution in [0.5, 0.6) is 0 Å². The number of hydrogen-bond acceptors (Lipinski definition) is 3. The first-order chi connectivity index (χ1) is 17.7. The van der Waals surface area contributed by atoms with Crippen molar-refractivity contribution >= 4 is 28.3 Å². The molecular weight excluding hydrogens is 442 g/mol. The monoisotopic (exact) mass is 463 g/mol. The number of rotatable bonds is 3. The van der Waals surface area contributed by atoms with E-state index in [4.69, 9.17) is 0 Å². The third-order valence-electron chi connectivity index (χ3n) is 7.03. The number of benzene rings is 3. The van der Waals surface area contributed by atoms with E-state index in [0.717, 1.165) is 30.5 Å². The van der Waals surface area contributed by atoms with E-state index in [1.54, 1.807) is 24.3 Å². The predicted molar refractivity (Wildman–Crippen MR) is 142 cm³/mol. The van der Waals surface area contributed by atoms with Crippen LogP contribution in [-0.4, -0.2) is 10.4 Å². The summed E-state index contributed by atoms with van der Waals surface area (Å²) in [4.78, 5) is 13.2. The van der Waals surface area contributed by atoms with Gasteiger partial charge in [0.1, 0.15) is 17.7 Å². The highest BCUT2D eigenvalue weighted by Crippen LogP contribution is 2.40. The van der Waals surface area contributed by atoms with Gasteiger partial charge in [0.05, 0.1) is 11.2 Å². The largest absolute Gasteiger partial charge is 0.340 e. The number of allylic oxidation sites excluding steroid dienone is 5. The van der Waals surface area contributed by atoms with Crippen molar-refractivity contribution in [3.05, 3.63) is 118 Å². The molecular formula is C32H21N3O. The molecule has 0 N–H and O–H groups in total. The summed E-state index contributed by atoms with van der Waals surface area (Å²) in [5, 5.41) is 20.3. The first-order valence-electron chi connectivity index (χ1n) is 12.0. The summed E-state index contributed by atoms with van der Waals surface area (Å²) in [6.45, 7) is 0.959. The fourth-order valence-corrected chi connectivity index (χ4v) is 5.55. The third kappa shape index (κ3) is 3.24. The van der Waals surface area contributed by atoms with Gasteiger partial charge in [0.15, 0.2) is 5.78 Å². The van der Waals surface area contributed by atoms with Crippen LogP contribution in [0.2, 0.25) is 0 Å². The van der Waals surface area contributed by atoms with Gasteiger partial charge in [-0.3, -0.25) is 4.79 Å². The molecule has 0 unspecified atom stereocenters. The Balaban J connectivity index is 1.54. The topological polar surface area (TPSA) is 69.6 Å². The molecule has 4 heteroatoms. The number of ketones is 1. The number of hydrogen-bond donors (Lipinski definition) is 0. The molecule has 170 valence electrons. The van der Waals surface area contributed by atoms with Crippen LogP contribution in [0.25, 0.3) is 33.8 Å². The Kier molecular flexibility index (Phi) is 5.21. The normalized spacial score (nSPS) is 15.3. The molecule has 0 atom stereocenters. The van der Waals surface area contributed by atoms with E-state index >= 15 is 0 Å². The Morgan fingerprint density at radius 2 is 1.64 bits per heavy atom. The molecule has 4 nitrogen and oxygen atoms in total. The van der Waals surface area contributed by atoms with Crippen LogP contribution in [0.3, 0.4) is 0 Å². The van der Waals surface area contributed by atoms with E-state index in [-0.39, 0.29) is 11.4 Å². The summed E-state index contributed by atoms with van der Waals surface area (Å²) in [7, 11) is 0. The number of fused-ring (bicyclic) bond motifs is 1. The van der Waals surface area contributed by atoms with Gasteiger partial charge in [-0.05, 0) is 29.5 Å². The highest BCUT2D eigenvalue weighted by atomic mass is 16.1. The lowest BCUT2D eigenvalue weighted by Gasteiger charge is -2.18. The molecule has 1 aliphatic carbocycles. The highest BCUT2D eigenvalue weighted by Gasteiger charge is 2.31. The van der Waals surface area contributed by atoms with E-state index in [0.29, 0.717) is 22.3 Å². The zero-order valence-electron chi connectivity index (χ0n) is 19.5. The summed E-state index contributed by atoms with van der Waals surface area (Å²) in [6, 6.07) is 28.0. The number of aryl methyl sites for hydroxylation is 2. The smallest absolute Gasteiger partial charge is 0.194 e. The van der Waals surface area contributed by atoms with Crippen LogP contribution in [0.4, 0.5) is 0 Å². The SMILES string of the molecule is N#CC(C#N)=C1C(=CC=Cc2c(-c3ccccc3)n3c4c(cccc24)CCC3)C(=O)c2ccccc21. The Morgan fingerprint density at radius 1 is 0.889 bits per heavy atom. The second kappa shape index (κ2) is 8.69. The van der Waals surface area contributed by atoms with E-state index in [9.17, 15) is 15.3 Å². The lowest BCUT2D eigenvalue weighted by Crippen LogP contribution is -2.08. The maximum absolute atomic E-state index is 13.2. The number of nitriles is 2. The van der Waals surface area contributed by atoms with Crippen LogP contribution in [0.1, 0.15) is 33.5 Å². The van der Waals surface area contributed by atoms with Crippen molar-refractivity contribution in [3.8, 4) is 23.4 Å². The van der Waals surface area contributed by atoms with Crippen molar-refractivity contribution in [1.82, 2.24) is 4.57 Å². The molecule has 0 amide bonds. The van der Waals surface area contributed by atoms with Gasteiger partial charge in [0.2, 0.25) is 0 Å². The standard InChI is InChI=1S/C32H21N3O/c33-19-23(20-34)29-24-13-4-5-14-27(24)32(36)28(29)17-7-16-26-25-15-6-11-22-12-8-18-35(31(22)25)30(26)21-9-2-1-3-10-21/h1-7,9-11,13-17H,8,12,18H2. The number of carbonyl (C=O) groups is 1. The Hall–Kier alpha value is -4.93. The van der Waals surface area contributed by atoms with Gasteiger partial charge in [-0.25, -0.2) is 0 Å². The summed E-state index contributed by atoms with van der Waals surface area (Å²) in [5.74, 6) is -0.167. The lowest BCUT2D eigenvalue weighted by atomic mass is 9.99. The first kappa shape index (κ1) is 21.6. The quantitative estimate of drug-likeness (QED) is 0.245. The summed E-state index contributed by atoms with van der Waals surface area (Å²) in [6.07, 6.45) is 7.83. The van der Waals surface area contributed by atoms with Crippen LogP contribution < -0.4 is 0 Å². The molecule has 1 aromatic heterocycles. The minimum Gasteiger partial charge on any atom is -0.340 e. The van der Waals surface area contributed by atoms with Gasteiger partial charge in [-0.15, -0.1) is 0 Å². The zero-order chi connectivity index (χ0) is 24.6. The van der Waals surface area contributed by atoms with Crippen molar-refractivity contribution in [2.45, 2.75) is 19.4 Å². The molecule has 0 fully saturated rings. The van der Waals surface area contributed by atoms with Gasteiger partial charge >= 0.3 is 0 Å². The minimum absolute atomic E-state index is 0.0509. The molecule has 6 rings (SSSR count). The average molecular weight is 464 g/mol. The van der Waals surface area contributed by atoms with Crippen molar-refractivity contribution in [2.75, 3.05) is 0 Å². The lowest BCUT2D eigenvalue weighted by molar-refractivity contribution is 0.104. The number of carbonyl (C=O) groups excluding carboxylic acids is 1. The van der Waals surface area contributed by atoms with Crippen LogP contribution in [-0.2, 0) is 13.0 Å². The Morgan fingerprint density at radius 3 is 2.42 bits per heavy atom. The van der Waals surface area contributed by atoms with Crippen LogP contribution >= 0.6 is 0 Å². The molecule has 3 aromatic carbocycles. The summed E-state index contributed by atoms with van der Waals surface area (Å²) >= 11 is 0. The molecule has 36 heavy (non-hydrogen) atoms. The second-order valence-electron chi connectivity index (χ2n) is 8.98. The minimum atomic E-state index is -0.167. The number of para-hydroxylation sites is 1. The molecule has 0 spiro atoms. The maximum atomic E-state index is 13.2. The number of aromatic nitrogens is 1. The molecule has 0 radical (unpaired) electrons.